The van der Waals surface area contributed by atoms with Crippen molar-refractivity contribution >= 4 is 11.9 Å². The summed E-state index contributed by atoms with van der Waals surface area (Å²) in [6.07, 6.45) is 0.150. The Balaban J connectivity index is 1.98. The van der Waals surface area contributed by atoms with Crippen LogP contribution in [0.5, 0.6) is 0 Å². The Labute approximate surface area is 98.9 Å². The van der Waals surface area contributed by atoms with Gasteiger partial charge in [0.05, 0.1) is 0 Å². The van der Waals surface area contributed by atoms with Crippen LogP contribution in [0.2, 0.25) is 0 Å². The number of nitrogens with one attached hydrogen (secondary N) is 1. The third-order valence-electron chi connectivity index (χ3n) is 2.67. The van der Waals surface area contributed by atoms with Gasteiger partial charge in [-0.3, -0.25) is 4.79 Å². The van der Waals surface area contributed by atoms with E-state index in [1.165, 1.54) is 0 Å². The van der Waals surface area contributed by atoms with Crippen LogP contribution in [-0.2, 0) is 9.53 Å². The first kappa shape index (κ1) is 11.6. The standard InChI is InChI=1S/C12H14N2O3/c13-7-9-6-10(12(16)17-9)14-11(15)8-4-2-1-3-5-8/h1-5,9-10H,6-7,13H2,(H,14,15)/t9?,10-/m0/s1. The Bertz CT molecular complexity index is 419. The Morgan fingerprint density at radius 3 is 2.71 bits per heavy atom. The molecule has 5 heteroatoms. The van der Waals surface area contributed by atoms with Gasteiger partial charge in [0, 0.05) is 18.5 Å². The van der Waals surface area contributed by atoms with Crippen LogP contribution in [0.15, 0.2) is 30.3 Å². The number of benzene rings is 1. The molecular formula is C12H14N2O3. The molecule has 1 aliphatic rings. The Morgan fingerprint density at radius 2 is 2.12 bits per heavy atom. The molecule has 0 bridgehead atoms. The van der Waals surface area contributed by atoms with Crippen molar-refractivity contribution < 1.29 is 14.3 Å². The van der Waals surface area contributed by atoms with Crippen LogP contribution in [-0.4, -0.2) is 30.6 Å². The van der Waals surface area contributed by atoms with Crippen LogP contribution in [0, 0.1) is 0 Å². The molecule has 2 atom stereocenters. The molecule has 0 radical (unpaired) electrons. The molecule has 1 aliphatic heterocycles. The molecule has 0 aromatic heterocycles. The lowest BCUT2D eigenvalue weighted by Crippen LogP contribution is -2.38. The van der Waals surface area contributed by atoms with E-state index in [0.717, 1.165) is 0 Å². The second kappa shape index (κ2) is 4.97. The number of carbonyl (C=O) groups excluding carboxylic acids is 2. The summed E-state index contributed by atoms with van der Waals surface area (Å²) in [6, 6.07) is 8.16. The monoisotopic (exact) mass is 234 g/mol. The summed E-state index contributed by atoms with van der Waals surface area (Å²) in [5, 5.41) is 2.64. The molecule has 1 amide bonds. The van der Waals surface area contributed by atoms with Crippen molar-refractivity contribution in [2.75, 3.05) is 6.54 Å². The number of hydrogen-bond donors (Lipinski definition) is 2. The van der Waals surface area contributed by atoms with Crippen LogP contribution in [0.25, 0.3) is 0 Å². The minimum absolute atomic E-state index is 0.273. The number of hydrogen-bond acceptors (Lipinski definition) is 4. The first-order valence-corrected chi connectivity index (χ1v) is 5.47. The number of amides is 1. The lowest BCUT2D eigenvalue weighted by Gasteiger charge is -2.08. The first-order valence-electron chi connectivity index (χ1n) is 5.47. The van der Waals surface area contributed by atoms with E-state index in [9.17, 15) is 9.59 Å². The SMILES string of the molecule is NCC1C[C@H](NC(=O)c2ccccc2)C(=O)O1. The van der Waals surface area contributed by atoms with Crippen molar-refractivity contribution in [2.45, 2.75) is 18.6 Å². The third kappa shape index (κ3) is 2.62. The van der Waals surface area contributed by atoms with Crippen LogP contribution in [0.3, 0.4) is 0 Å². The largest absolute Gasteiger partial charge is 0.459 e. The average Bonchev–Trinajstić information content (AvgIpc) is 2.71. The molecule has 0 aliphatic carbocycles. The van der Waals surface area contributed by atoms with Crippen LogP contribution in [0.4, 0.5) is 0 Å². The van der Waals surface area contributed by atoms with Gasteiger partial charge in [-0.25, -0.2) is 4.79 Å². The molecule has 1 fully saturated rings. The highest BCUT2D eigenvalue weighted by Crippen LogP contribution is 2.14. The number of carbonyl (C=O) groups is 2. The smallest absolute Gasteiger partial charge is 0.329 e. The molecule has 2 rings (SSSR count). The Kier molecular flexibility index (Phi) is 3.39. The number of esters is 1. The summed E-state index contributed by atoms with van der Waals surface area (Å²) < 4.78 is 4.98. The van der Waals surface area contributed by atoms with Gasteiger partial charge in [-0.2, -0.15) is 0 Å². The zero-order chi connectivity index (χ0) is 12.3. The van der Waals surface area contributed by atoms with Gasteiger partial charge in [-0.1, -0.05) is 18.2 Å². The lowest BCUT2D eigenvalue weighted by molar-refractivity contribution is -0.142. The molecule has 0 spiro atoms. The number of cyclic esters (lactones) is 1. The highest BCUT2D eigenvalue weighted by atomic mass is 16.6. The number of ether oxygens (including phenoxy) is 1. The fourth-order valence-electron chi connectivity index (χ4n) is 1.75. The molecule has 1 saturated heterocycles. The lowest BCUT2D eigenvalue weighted by atomic mass is 10.1. The maximum atomic E-state index is 11.8. The van der Waals surface area contributed by atoms with Crippen LogP contribution >= 0.6 is 0 Å². The Morgan fingerprint density at radius 1 is 1.41 bits per heavy atom. The summed E-state index contributed by atoms with van der Waals surface area (Å²) in [5.74, 6) is -0.685. The summed E-state index contributed by atoms with van der Waals surface area (Å²) in [5.41, 5.74) is 5.93. The van der Waals surface area contributed by atoms with Crippen molar-refractivity contribution in [1.29, 1.82) is 0 Å². The van der Waals surface area contributed by atoms with Crippen LogP contribution in [0.1, 0.15) is 16.8 Å². The van der Waals surface area contributed by atoms with E-state index >= 15 is 0 Å². The Hall–Kier alpha value is -1.88. The third-order valence-corrected chi connectivity index (χ3v) is 2.67. The second-order valence-electron chi connectivity index (χ2n) is 3.92. The van der Waals surface area contributed by atoms with E-state index in [1.807, 2.05) is 6.07 Å². The normalized spacial score (nSPS) is 23.2. The second-order valence-corrected chi connectivity index (χ2v) is 3.92. The van der Waals surface area contributed by atoms with E-state index in [1.54, 1.807) is 24.3 Å². The topological polar surface area (TPSA) is 81.4 Å². The van der Waals surface area contributed by atoms with Crippen molar-refractivity contribution in [3.05, 3.63) is 35.9 Å². The molecule has 0 saturated carbocycles. The fourth-order valence-corrected chi connectivity index (χ4v) is 1.75. The van der Waals surface area contributed by atoms with Crippen LogP contribution < -0.4 is 11.1 Å². The van der Waals surface area contributed by atoms with Gasteiger partial charge >= 0.3 is 5.97 Å². The molecule has 90 valence electrons. The summed E-state index contributed by atoms with van der Waals surface area (Å²) in [7, 11) is 0. The van der Waals surface area contributed by atoms with E-state index in [0.29, 0.717) is 12.0 Å². The zero-order valence-corrected chi connectivity index (χ0v) is 9.26. The molecule has 3 N–H and O–H groups in total. The highest BCUT2D eigenvalue weighted by Gasteiger charge is 2.34. The number of rotatable bonds is 3. The summed E-state index contributed by atoms with van der Waals surface area (Å²) >= 11 is 0. The number of nitrogens with two attached hydrogens (primary N) is 1. The van der Waals surface area contributed by atoms with Gasteiger partial charge in [0.2, 0.25) is 0 Å². The maximum Gasteiger partial charge on any atom is 0.329 e. The fraction of sp³-hybridized carbons (Fsp3) is 0.333. The maximum absolute atomic E-state index is 11.8. The van der Waals surface area contributed by atoms with Crippen molar-refractivity contribution in [3.8, 4) is 0 Å². The van der Waals surface area contributed by atoms with Gasteiger partial charge in [0.25, 0.3) is 5.91 Å². The highest BCUT2D eigenvalue weighted by molar-refractivity contribution is 5.97. The molecule has 1 aromatic carbocycles. The molecule has 1 heterocycles. The molecule has 5 nitrogen and oxygen atoms in total. The predicted molar refractivity (Wildman–Crippen MR) is 61.2 cm³/mol. The van der Waals surface area contributed by atoms with E-state index in [4.69, 9.17) is 10.5 Å². The summed E-state index contributed by atoms with van der Waals surface area (Å²) in [4.78, 5) is 23.2. The van der Waals surface area contributed by atoms with Crippen molar-refractivity contribution in [3.63, 3.8) is 0 Å². The predicted octanol–water partition coefficient (Wildman–Crippen LogP) is 0.0592. The van der Waals surface area contributed by atoms with Gasteiger partial charge in [0.15, 0.2) is 0 Å². The van der Waals surface area contributed by atoms with E-state index < -0.39 is 12.0 Å². The first-order chi connectivity index (χ1) is 8.20. The minimum Gasteiger partial charge on any atom is -0.459 e. The van der Waals surface area contributed by atoms with Crippen molar-refractivity contribution in [2.24, 2.45) is 5.73 Å². The van der Waals surface area contributed by atoms with E-state index in [-0.39, 0.29) is 18.6 Å². The summed E-state index contributed by atoms with van der Waals surface area (Å²) in [6.45, 7) is 0.281. The molecule has 1 aromatic rings. The zero-order valence-electron chi connectivity index (χ0n) is 9.26. The van der Waals surface area contributed by atoms with Gasteiger partial charge in [-0.05, 0) is 12.1 Å². The van der Waals surface area contributed by atoms with Gasteiger partial charge in [-0.15, -0.1) is 0 Å². The molecular weight excluding hydrogens is 220 g/mol. The molecule has 17 heavy (non-hydrogen) atoms. The van der Waals surface area contributed by atoms with Gasteiger partial charge in [0.1, 0.15) is 12.1 Å². The van der Waals surface area contributed by atoms with Crippen molar-refractivity contribution in [1.82, 2.24) is 5.32 Å². The molecule has 1 unspecified atom stereocenters. The average molecular weight is 234 g/mol. The minimum atomic E-state index is -0.587. The quantitative estimate of drug-likeness (QED) is 0.724. The van der Waals surface area contributed by atoms with Gasteiger partial charge < -0.3 is 15.8 Å². The van der Waals surface area contributed by atoms with E-state index in [2.05, 4.69) is 5.32 Å².